The van der Waals surface area contributed by atoms with Crippen molar-refractivity contribution in [1.82, 2.24) is 0 Å². The van der Waals surface area contributed by atoms with Crippen LogP contribution in [0.15, 0.2) is 0 Å². The lowest BCUT2D eigenvalue weighted by atomic mass is 9.84. The first-order valence-electron chi connectivity index (χ1n) is 6.95. The molecule has 4 heteroatoms. The van der Waals surface area contributed by atoms with E-state index < -0.39 is 0 Å². The summed E-state index contributed by atoms with van der Waals surface area (Å²) in [6.45, 7) is 8.64. The van der Waals surface area contributed by atoms with Crippen molar-refractivity contribution in [3.63, 3.8) is 0 Å². The van der Waals surface area contributed by atoms with Gasteiger partial charge in [0.1, 0.15) is 6.61 Å². The molecule has 0 aromatic heterocycles. The Kier molecular flexibility index (Phi) is 9.98. The van der Waals surface area contributed by atoms with Crippen LogP contribution >= 0.6 is 0 Å². The monoisotopic (exact) mass is 259 g/mol. The Labute approximate surface area is 111 Å². The number of esters is 1. The van der Waals surface area contributed by atoms with E-state index in [1.54, 1.807) is 0 Å². The van der Waals surface area contributed by atoms with Crippen molar-refractivity contribution >= 4 is 5.97 Å². The quantitative estimate of drug-likeness (QED) is 0.457. The van der Waals surface area contributed by atoms with Crippen molar-refractivity contribution in [2.75, 3.05) is 26.4 Å². The summed E-state index contributed by atoms with van der Waals surface area (Å²) < 4.78 is 10.4. The van der Waals surface area contributed by atoms with Crippen LogP contribution in [0.25, 0.3) is 0 Å². The zero-order valence-electron chi connectivity index (χ0n) is 12.2. The second-order valence-electron chi connectivity index (χ2n) is 5.39. The lowest BCUT2D eigenvalue weighted by molar-refractivity contribution is -0.145. The molecule has 0 saturated carbocycles. The molecule has 4 nitrogen and oxygen atoms in total. The summed E-state index contributed by atoms with van der Waals surface area (Å²) in [5, 5.41) is 0. The van der Waals surface area contributed by atoms with Gasteiger partial charge < -0.3 is 15.2 Å². The number of hydrogen-bond donors (Lipinski definition) is 1. The zero-order chi connectivity index (χ0) is 13.9. The third kappa shape index (κ3) is 10.5. The van der Waals surface area contributed by atoms with Gasteiger partial charge in [-0.3, -0.25) is 4.79 Å². The summed E-state index contributed by atoms with van der Waals surface area (Å²) in [6.07, 6.45) is 4.39. The highest BCUT2D eigenvalue weighted by Gasteiger charge is 2.18. The molecule has 0 atom stereocenters. The van der Waals surface area contributed by atoms with Gasteiger partial charge in [-0.15, -0.1) is 0 Å². The van der Waals surface area contributed by atoms with E-state index in [2.05, 4.69) is 20.8 Å². The minimum atomic E-state index is -0.140. The van der Waals surface area contributed by atoms with E-state index in [4.69, 9.17) is 15.2 Å². The van der Waals surface area contributed by atoms with E-state index in [1.807, 2.05) is 0 Å². The molecule has 0 aliphatic carbocycles. The van der Waals surface area contributed by atoms with Crippen molar-refractivity contribution in [1.29, 1.82) is 0 Å². The fourth-order valence-corrected chi connectivity index (χ4v) is 1.59. The first kappa shape index (κ1) is 17.4. The minimum Gasteiger partial charge on any atom is -0.463 e. The van der Waals surface area contributed by atoms with Crippen molar-refractivity contribution < 1.29 is 14.3 Å². The number of rotatable bonds is 11. The van der Waals surface area contributed by atoms with E-state index in [1.165, 1.54) is 0 Å². The van der Waals surface area contributed by atoms with Crippen molar-refractivity contribution in [2.45, 2.75) is 52.9 Å². The van der Waals surface area contributed by atoms with Crippen LogP contribution in [0.4, 0.5) is 0 Å². The van der Waals surface area contributed by atoms with E-state index in [0.29, 0.717) is 26.2 Å². The maximum absolute atomic E-state index is 11.5. The van der Waals surface area contributed by atoms with E-state index in [9.17, 15) is 4.79 Å². The first-order chi connectivity index (χ1) is 8.52. The average molecular weight is 259 g/mol. The van der Waals surface area contributed by atoms with Gasteiger partial charge in [-0.2, -0.15) is 0 Å². The highest BCUT2D eigenvalue weighted by Crippen LogP contribution is 2.25. The van der Waals surface area contributed by atoms with E-state index in [-0.39, 0.29) is 11.4 Å². The second-order valence-corrected chi connectivity index (χ2v) is 5.39. The molecule has 108 valence electrons. The third-order valence-corrected chi connectivity index (χ3v) is 2.96. The molecule has 0 saturated heterocycles. The van der Waals surface area contributed by atoms with Crippen molar-refractivity contribution in [3.05, 3.63) is 0 Å². The lowest BCUT2D eigenvalue weighted by Gasteiger charge is -2.23. The molecule has 0 rings (SSSR count). The second kappa shape index (κ2) is 10.3. The highest BCUT2D eigenvalue weighted by molar-refractivity contribution is 5.69. The highest BCUT2D eigenvalue weighted by atomic mass is 16.6. The van der Waals surface area contributed by atoms with Gasteiger partial charge in [0.15, 0.2) is 0 Å². The number of nitrogens with two attached hydrogens (primary N) is 1. The Morgan fingerprint density at radius 1 is 1.17 bits per heavy atom. The standard InChI is InChI=1S/C14H29NO3/c1-4-5-10-17-11-12-18-13(16)6-7-14(2,3)8-9-15/h4-12,15H2,1-3H3. The molecule has 0 aliphatic heterocycles. The van der Waals surface area contributed by atoms with Gasteiger partial charge >= 0.3 is 5.97 Å². The summed E-state index contributed by atoms with van der Waals surface area (Å²) in [5.41, 5.74) is 5.64. The molecule has 0 aliphatic rings. The molecule has 0 aromatic carbocycles. The van der Waals surface area contributed by atoms with Gasteiger partial charge in [0.2, 0.25) is 0 Å². The summed E-state index contributed by atoms with van der Waals surface area (Å²) in [6, 6.07) is 0. The van der Waals surface area contributed by atoms with Crippen LogP contribution in [-0.2, 0) is 14.3 Å². The topological polar surface area (TPSA) is 61.5 Å². The first-order valence-corrected chi connectivity index (χ1v) is 6.95. The molecule has 0 aromatic rings. The molecular formula is C14H29NO3. The number of carbonyl (C=O) groups excluding carboxylic acids is 1. The van der Waals surface area contributed by atoms with E-state index in [0.717, 1.165) is 32.3 Å². The van der Waals surface area contributed by atoms with Crippen LogP contribution in [0.2, 0.25) is 0 Å². The lowest BCUT2D eigenvalue weighted by Crippen LogP contribution is -2.19. The van der Waals surface area contributed by atoms with Gasteiger partial charge in [0.05, 0.1) is 6.61 Å². The Bertz CT molecular complexity index is 217. The molecular weight excluding hydrogens is 230 g/mol. The predicted octanol–water partition coefficient (Wildman–Crippen LogP) is 2.50. The Morgan fingerprint density at radius 3 is 2.50 bits per heavy atom. The van der Waals surface area contributed by atoms with Crippen molar-refractivity contribution in [2.24, 2.45) is 11.1 Å². The smallest absolute Gasteiger partial charge is 0.305 e. The van der Waals surface area contributed by atoms with Crippen LogP contribution in [-0.4, -0.2) is 32.3 Å². The third-order valence-electron chi connectivity index (χ3n) is 2.96. The van der Waals surface area contributed by atoms with E-state index >= 15 is 0 Å². The van der Waals surface area contributed by atoms with Crippen LogP contribution in [0.3, 0.4) is 0 Å². The Balaban J connectivity index is 3.48. The fraction of sp³-hybridized carbons (Fsp3) is 0.929. The zero-order valence-corrected chi connectivity index (χ0v) is 12.2. The fourth-order valence-electron chi connectivity index (χ4n) is 1.59. The average Bonchev–Trinajstić information content (AvgIpc) is 2.31. The van der Waals surface area contributed by atoms with Crippen LogP contribution in [0, 0.1) is 5.41 Å². The van der Waals surface area contributed by atoms with Crippen molar-refractivity contribution in [3.8, 4) is 0 Å². The van der Waals surface area contributed by atoms with Gasteiger partial charge in [-0.1, -0.05) is 27.2 Å². The molecule has 0 unspecified atom stereocenters. The van der Waals surface area contributed by atoms with Gasteiger partial charge in [-0.05, 0) is 31.2 Å². The Morgan fingerprint density at radius 2 is 1.89 bits per heavy atom. The molecule has 0 fully saturated rings. The van der Waals surface area contributed by atoms with Gasteiger partial charge in [0.25, 0.3) is 0 Å². The van der Waals surface area contributed by atoms with Gasteiger partial charge in [0, 0.05) is 13.0 Å². The molecule has 2 N–H and O–H groups in total. The maximum atomic E-state index is 11.5. The molecule has 0 heterocycles. The number of unbranched alkanes of at least 4 members (excludes halogenated alkanes) is 1. The van der Waals surface area contributed by atoms with Crippen LogP contribution in [0.1, 0.15) is 52.9 Å². The Hall–Kier alpha value is -0.610. The minimum absolute atomic E-state index is 0.116. The van der Waals surface area contributed by atoms with Crippen LogP contribution < -0.4 is 5.73 Å². The molecule has 0 amide bonds. The molecule has 18 heavy (non-hydrogen) atoms. The number of hydrogen-bond acceptors (Lipinski definition) is 4. The summed E-state index contributed by atoms with van der Waals surface area (Å²) in [7, 11) is 0. The molecule has 0 bridgehead atoms. The normalized spacial score (nSPS) is 11.6. The number of carbonyl (C=O) groups is 1. The summed E-state index contributed by atoms with van der Waals surface area (Å²) in [4.78, 5) is 11.5. The van der Waals surface area contributed by atoms with Gasteiger partial charge in [-0.25, -0.2) is 0 Å². The SMILES string of the molecule is CCCCOCCOC(=O)CCC(C)(C)CCN. The van der Waals surface area contributed by atoms with Crippen LogP contribution in [0.5, 0.6) is 0 Å². The largest absolute Gasteiger partial charge is 0.463 e. The number of ether oxygens (including phenoxy) is 2. The maximum Gasteiger partial charge on any atom is 0.305 e. The molecule has 0 spiro atoms. The summed E-state index contributed by atoms with van der Waals surface area (Å²) in [5.74, 6) is -0.140. The predicted molar refractivity (Wildman–Crippen MR) is 73.4 cm³/mol. The summed E-state index contributed by atoms with van der Waals surface area (Å²) >= 11 is 0. The molecule has 0 radical (unpaired) electrons.